The van der Waals surface area contributed by atoms with Gasteiger partial charge >= 0.3 is 0 Å². The van der Waals surface area contributed by atoms with Crippen LogP contribution in [-0.4, -0.2) is 5.75 Å². The first-order chi connectivity index (χ1) is 8.66. The Hall–Kier alpha value is -0.960. The number of thioether (sulfide) groups is 1. The van der Waals surface area contributed by atoms with E-state index in [9.17, 15) is 0 Å². The molecule has 3 heteroatoms. The molecular formula is C15H16ClNS. The second kappa shape index (κ2) is 6.28. The highest BCUT2D eigenvalue weighted by Crippen LogP contribution is 2.26. The lowest BCUT2D eigenvalue weighted by Crippen LogP contribution is -2.12. The Bertz CT molecular complexity index is 527. The Balaban J connectivity index is 2.00. The molecule has 2 aromatic carbocycles. The van der Waals surface area contributed by atoms with Crippen LogP contribution in [0.25, 0.3) is 0 Å². The molecule has 0 saturated carbocycles. The predicted molar refractivity (Wildman–Crippen MR) is 80.3 cm³/mol. The molecule has 1 atom stereocenters. The van der Waals surface area contributed by atoms with Crippen LogP contribution in [0.15, 0.2) is 53.4 Å². The van der Waals surface area contributed by atoms with Crippen LogP contribution in [0.5, 0.6) is 0 Å². The van der Waals surface area contributed by atoms with E-state index >= 15 is 0 Å². The molecule has 2 rings (SSSR count). The van der Waals surface area contributed by atoms with Crippen LogP contribution in [0.4, 0.5) is 0 Å². The fourth-order valence-electron chi connectivity index (χ4n) is 1.73. The number of nitrogens with two attached hydrogens (primary N) is 1. The molecule has 0 aliphatic heterocycles. The summed E-state index contributed by atoms with van der Waals surface area (Å²) in [5, 5.41) is 0.740. The molecule has 0 aromatic heterocycles. The lowest BCUT2D eigenvalue weighted by molar-refractivity contribution is 0.831. The second-order valence-corrected chi connectivity index (χ2v) is 5.74. The van der Waals surface area contributed by atoms with Gasteiger partial charge in [0.25, 0.3) is 0 Å². The average Bonchev–Trinajstić information content (AvgIpc) is 2.37. The summed E-state index contributed by atoms with van der Waals surface area (Å²) < 4.78 is 0. The summed E-state index contributed by atoms with van der Waals surface area (Å²) in [4.78, 5) is 1.29. The van der Waals surface area contributed by atoms with Crippen molar-refractivity contribution in [1.29, 1.82) is 0 Å². The molecule has 0 saturated heterocycles. The van der Waals surface area contributed by atoms with Gasteiger partial charge < -0.3 is 5.73 Å². The lowest BCUT2D eigenvalue weighted by atomic mass is 10.1. The van der Waals surface area contributed by atoms with Gasteiger partial charge in [-0.05, 0) is 36.2 Å². The number of benzene rings is 2. The Morgan fingerprint density at radius 3 is 2.67 bits per heavy atom. The summed E-state index contributed by atoms with van der Waals surface area (Å²) in [5.74, 6) is 0.852. The number of aryl methyl sites for hydroxylation is 1. The quantitative estimate of drug-likeness (QED) is 0.836. The van der Waals surface area contributed by atoms with Crippen molar-refractivity contribution in [3.05, 3.63) is 64.7 Å². The smallest absolute Gasteiger partial charge is 0.0409 e. The molecule has 18 heavy (non-hydrogen) atoms. The van der Waals surface area contributed by atoms with E-state index in [1.54, 1.807) is 11.8 Å². The molecule has 0 spiro atoms. The van der Waals surface area contributed by atoms with Crippen molar-refractivity contribution >= 4 is 23.4 Å². The van der Waals surface area contributed by atoms with Crippen molar-refractivity contribution in [3.8, 4) is 0 Å². The standard InChI is InChI=1S/C15H16ClNS/c1-11-5-2-3-8-15(11)18-10-14(17)12-6-4-7-13(16)9-12/h2-9,14H,10,17H2,1H3. The molecule has 0 aliphatic carbocycles. The van der Waals surface area contributed by atoms with E-state index in [1.165, 1.54) is 10.5 Å². The van der Waals surface area contributed by atoms with Gasteiger partial charge in [-0.3, -0.25) is 0 Å². The summed E-state index contributed by atoms with van der Waals surface area (Å²) >= 11 is 7.76. The van der Waals surface area contributed by atoms with Crippen LogP contribution in [0, 0.1) is 6.92 Å². The van der Waals surface area contributed by atoms with E-state index in [4.69, 9.17) is 17.3 Å². The third kappa shape index (κ3) is 3.52. The largest absolute Gasteiger partial charge is 0.323 e. The van der Waals surface area contributed by atoms with Crippen molar-refractivity contribution in [2.75, 3.05) is 5.75 Å². The fourth-order valence-corrected chi connectivity index (χ4v) is 2.95. The molecular weight excluding hydrogens is 262 g/mol. The maximum atomic E-state index is 6.18. The lowest BCUT2D eigenvalue weighted by Gasteiger charge is -2.13. The molecule has 0 bridgehead atoms. The van der Waals surface area contributed by atoms with Crippen LogP contribution in [0.2, 0.25) is 5.02 Å². The zero-order valence-corrected chi connectivity index (χ0v) is 11.8. The molecule has 0 radical (unpaired) electrons. The SMILES string of the molecule is Cc1ccccc1SCC(N)c1cccc(Cl)c1. The summed E-state index contributed by atoms with van der Waals surface area (Å²) in [6.45, 7) is 2.12. The average molecular weight is 278 g/mol. The van der Waals surface area contributed by atoms with Crippen molar-refractivity contribution in [2.24, 2.45) is 5.73 Å². The molecule has 2 aromatic rings. The molecule has 0 aliphatic rings. The zero-order chi connectivity index (χ0) is 13.0. The predicted octanol–water partition coefficient (Wildman–Crippen LogP) is 4.44. The van der Waals surface area contributed by atoms with Crippen LogP contribution >= 0.6 is 23.4 Å². The number of hydrogen-bond donors (Lipinski definition) is 1. The van der Waals surface area contributed by atoms with Crippen molar-refractivity contribution in [3.63, 3.8) is 0 Å². The number of rotatable bonds is 4. The molecule has 1 unspecified atom stereocenters. The minimum absolute atomic E-state index is 0.00769. The molecule has 94 valence electrons. The van der Waals surface area contributed by atoms with Gasteiger partial charge in [0.15, 0.2) is 0 Å². The van der Waals surface area contributed by atoms with Gasteiger partial charge in [-0.15, -0.1) is 11.8 Å². The van der Waals surface area contributed by atoms with Gasteiger partial charge in [0.1, 0.15) is 0 Å². The molecule has 0 heterocycles. The minimum Gasteiger partial charge on any atom is -0.323 e. The Morgan fingerprint density at radius 1 is 1.17 bits per heavy atom. The summed E-state index contributed by atoms with van der Waals surface area (Å²) in [5.41, 5.74) is 8.56. The third-order valence-electron chi connectivity index (χ3n) is 2.79. The Labute approximate surface area is 117 Å². The molecule has 2 N–H and O–H groups in total. The van der Waals surface area contributed by atoms with Crippen molar-refractivity contribution in [2.45, 2.75) is 17.9 Å². The van der Waals surface area contributed by atoms with E-state index < -0.39 is 0 Å². The van der Waals surface area contributed by atoms with E-state index in [0.717, 1.165) is 16.3 Å². The highest BCUT2D eigenvalue weighted by atomic mass is 35.5. The topological polar surface area (TPSA) is 26.0 Å². The van der Waals surface area contributed by atoms with Crippen LogP contribution < -0.4 is 5.73 Å². The van der Waals surface area contributed by atoms with Crippen molar-refractivity contribution in [1.82, 2.24) is 0 Å². The van der Waals surface area contributed by atoms with Gasteiger partial charge in [0, 0.05) is 21.7 Å². The first-order valence-electron chi connectivity index (χ1n) is 5.86. The van der Waals surface area contributed by atoms with Gasteiger partial charge in [0.05, 0.1) is 0 Å². The maximum Gasteiger partial charge on any atom is 0.0409 e. The number of hydrogen-bond acceptors (Lipinski definition) is 2. The molecule has 0 fully saturated rings. The van der Waals surface area contributed by atoms with Crippen LogP contribution in [-0.2, 0) is 0 Å². The normalized spacial score (nSPS) is 12.4. The van der Waals surface area contributed by atoms with E-state index in [2.05, 4.69) is 31.2 Å². The van der Waals surface area contributed by atoms with Gasteiger partial charge in [-0.1, -0.05) is 41.9 Å². The van der Waals surface area contributed by atoms with Crippen LogP contribution in [0.3, 0.4) is 0 Å². The second-order valence-electron chi connectivity index (χ2n) is 4.24. The summed E-state index contributed by atoms with van der Waals surface area (Å²) in [6.07, 6.45) is 0. The van der Waals surface area contributed by atoms with Gasteiger partial charge in [0.2, 0.25) is 0 Å². The highest BCUT2D eigenvalue weighted by Gasteiger charge is 2.08. The van der Waals surface area contributed by atoms with Crippen LogP contribution in [0.1, 0.15) is 17.2 Å². The fraction of sp³-hybridized carbons (Fsp3) is 0.200. The third-order valence-corrected chi connectivity index (χ3v) is 4.32. The summed E-state index contributed by atoms with van der Waals surface area (Å²) in [7, 11) is 0. The first-order valence-corrected chi connectivity index (χ1v) is 7.22. The summed E-state index contributed by atoms with van der Waals surface area (Å²) in [6, 6.07) is 16.1. The van der Waals surface area contributed by atoms with Crippen molar-refractivity contribution < 1.29 is 0 Å². The zero-order valence-electron chi connectivity index (χ0n) is 10.3. The maximum absolute atomic E-state index is 6.18. The highest BCUT2D eigenvalue weighted by molar-refractivity contribution is 7.99. The molecule has 1 nitrogen and oxygen atoms in total. The first kappa shape index (κ1) is 13.5. The van der Waals surface area contributed by atoms with E-state index in [-0.39, 0.29) is 6.04 Å². The monoisotopic (exact) mass is 277 g/mol. The van der Waals surface area contributed by atoms with E-state index in [1.807, 2.05) is 24.3 Å². The van der Waals surface area contributed by atoms with Gasteiger partial charge in [-0.25, -0.2) is 0 Å². The van der Waals surface area contributed by atoms with Gasteiger partial charge in [-0.2, -0.15) is 0 Å². The minimum atomic E-state index is 0.00769. The Morgan fingerprint density at radius 2 is 1.94 bits per heavy atom. The van der Waals surface area contributed by atoms with E-state index in [0.29, 0.717) is 0 Å². The Kier molecular flexibility index (Phi) is 4.70. The molecule has 0 amide bonds. The number of halogens is 1.